The highest BCUT2D eigenvalue weighted by molar-refractivity contribution is 9.10. The molecule has 0 aliphatic heterocycles. The fourth-order valence-electron chi connectivity index (χ4n) is 2.71. The topological polar surface area (TPSA) is 29.1 Å². The van der Waals surface area contributed by atoms with E-state index in [9.17, 15) is 4.79 Å². The van der Waals surface area contributed by atoms with Gasteiger partial charge in [0.1, 0.15) is 0 Å². The predicted octanol–water partition coefficient (Wildman–Crippen LogP) is 4.48. The van der Waals surface area contributed by atoms with Gasteiger partial charge in [-0.2, -0.15) is 0 Å². The van der Waals surface area contributed by atoms with Crippen LogP contribution in [0.5, 0.6) is 0 Å². The summed E-state index contributed by atoms with van der Waals surface area (Å²) < 4.78 is 1.07. The fraction of sp³-hybridized carbons (Fsp3) is 0.562. The van der Waals surface area contributed by atoms with Gasteiger partial charge in [-0.3, -0.25) is 4.79 Å². The summed E-state index contributed by atoms with van der Waals surface area (Å²) in [5, 5.41) is 3.21. The summed E-state index contributed by atoms with van der Waals surface area (Å²) in [4.78, 5) is 13.2. The van der Waals surface area contributed by atoms with Crippen molar-refractivity contribution in [1.29, 1.82) is 0 Å². The molecule has 1 fully saturated rings. The third kappa shape index (κ3) is 4.52. The Morgan fingerprint density at radius 1 is 1.30 bits per heavy atom. The molecule has 2 rings (SSSR count). The third-order valence-electron chi connectivity index (χ3n) is 4.24. The lowest BCUT2D eigenvalue weighted by atomic mass is 9.78. The first-order chi connectivity index (χ1) is 9.56. The molecule has 1 aliphatic carbocycles. The molecule has 1 aromatic carbocycles. The average molecular weight is 356 g/mol. The maximum atomic E-state index is 12.1. The highest BCUT2D eigenvalue weighted by Crippen LogP contribution is 2.29. The number of nitrogens with one attached hydrogen (secondary N) is 1. The summed E-state index contributed by atoms with van der Waals surface area (Å²) in [6.45, 7) is 4.55. The van der Waals surface area contributed by atoms with Gasteiger partial charge in [0, 0.05) is 15.4 Å². The van der Waals surface area contributed by atoms with Crippen LogP contribution in [0.2, 0.25) is 0 Å². The molecular weight excluding hydrogens is 334 g/mol. The Morgan fingerprint density at radius 3 is 2.70 bits per heavy atom. The summed E-state index contributed by atoms with van der Waals surface area (Å²) in [5.74, 6) is 1.96. The van der Waals surface area contributed by atoms with E-state index in [-0.39, 0.29) is 5.91 Å². The normalized spacial score (nSPS) is 26.2. The smallest absolute Gasteiger partial charge is 0.230 e. The molecule has 20 heavy (non-hydrogen) atoms. The second-order valence-electron chi connectivity index (χ2n) is 5.68. The van der Waals surface area contributed by atoms with Crippen molar-refractivity contribution in [3.63, 3.8) is 0 Å². The third-order valence-corrected chi connectivity index (χ3v) is 5.78. The van der Waals surface area contributed by atoms with Crippen molar-refractivity contribution < 1.29 is 4.79 Å². The summed E-state index contributed by atoms with van der Waals surface area (Å²) in [6.07, 6.45) is 3.65. The van der Waals surface area contributed by atoms with E-state index in [2.05, 4.69) is 35.1 Å². The van der Waals surface area contributed by atoms with Crippen LogP contribution in [0.3, 0.4) is 0 Å². The van der Waals surface area contributed by atoms with Crippen LogP contribution in [0, 0.1) is 11.8 Å². The van der Waals surface area contributed by atoms with Gasteiger partial charge >= 0.3 is 0 Å². The Kier molecular flexibility index (Phi) is 5.97. The van der Waals surface area contributed by atoms with Crippen LogP contribution in [-0.4, -0.2) is 17.7 Å². The molecule has 0 unspecified atom stereocenters. The van der Waals surface area contributed by atoms with Crippen molar-refractivity contribution >= 4 is 33.6 Å². The maximum Gasteiger partial charge on any atom is 0.230 e. The molecule has 0 heterocycles. The van der Waals surface area contributed by atoms with Crippen LogP contribution < -0.4 is 5.32 Å². The molecule has 4 heteroatoms. The minimum atomic E-state index is 0.156. The van der Waals surface area contributed by atoms with Gasteiger partial charge in [-0.25, -0.2) is 0 Å². The van der Waals surface area contributed by atoms with Gasteiger partial charge < -0.3 is 5.32 Å². The quantitative estimate of drug-likeness (QED) is 0.806. The second-order valence-corrected chi connectivity index (χ2v) is 7.65. The van der Waals surface area contributed by atoms with Crippen molar-refractivity contribution in [3.05, 3.63) is 28.7 Å². The van der Waals surface area contributed by atoms with Crippen LogP contribution in [-0.2, 0) is 4.79 Å². The molecule has 1 aliphatic rings. The maximum absolute atomic E-state index is 12.1. The van der Waals surface area contributed by atoms with Crippen molar-refractivity contribution in [2.75, 3.05) is 5.75 Å². The van der Waals surface area contributed by atoms with Gasteiger partial charge in [0.05, 0.1) is 5.75 Å². The van der Waals surface area contributed by atoms with Crippen molar-refractivity contribution in [2.45, 2.75) is 44.0 Å². The standard InChI is InChI=1S/C16H22BrNOS/c1-11-4-3-5-15(12(11)2)18-16(19)10-20-14-8-6-13(17)7-9-14/h6-9,11-12,15H,3-5,10H2,1-2H3,(H,18,19)/t11-,12-,15-/m1/s1. The minimum absolute atomic E-state index is 0.156. The van der Waals surface area contributed by atoms with Gasteiger partial charge in [-0.05, 0) is 42.5 Å². The molecule has 1 saturated carbocycles. The monoisotopic (exact) mass is 355 g/mol. The highest BCUT2D eigenvalue weighted by atomic mass is 79.9. The van der Waals surface area contributed by atoms with Gasteiger partial charge in [0.15, 0.2) is 0 Å². The number of carbonyl (C=O) groups is 1. The van der Waals surface area contributed by atoms with Gasteiger partial charge in [-0.1, -0.05) is 42.6 Å². The van der Waals surface area contributed by atoms with E-state index < -0.39 is 0 Å². The molecule has 1 N–H and O–H groups in total. The first-order valence-corrected chi connectivity index (χ1v) is 9.02. The van der Waals surface area contributed by atoms with E-state index in [1.165, 1.54) is 12.8 Å². The highest BCUT2D eigenvalue weighted by Gasteiger charge is 2.27. The minimum Gasteiger partial charge on any atom is -0.352 e. The van der Waals surface area contributed by atoms with E-state index in [4.69, 9.17) is 0 Å². The van der Waals surface area contributed by atoms with E-state index in [0.717, 1.165) is 15.8 Å². The molecule has 0 radical (unpaired) electrons. The predicted molar refractivity (Wildman–Crippen MR) is 89.0 cm³/mol. The van der Waals surface area contributed by atoms with Crippen molar-refractivity contribution in [3.8, 4) is 0 Å². The lowest BCUT2D eigenvalue weighted by Gasteiger charge is -2.34. The van der Waals surface area contributed by atoms with Gasteiger partial charge in [0.2, 0.25) is 5.91 Å². The molecule has 1 aromatic rings. The number of amides is 1. The van der Waals surface area contributed by atoms with Crippen molar-refractivity contribution in [1.82, 2.24) is 5.32 Å². The molecule has 2 nitrogen and oxygen atoms in total. The Hall–Kier alpha value is -0.480. The summed E-state index contributed by atoms with van der Waals surface area (Å²) >= 11 is 5.01. The molecule has 1 amide bonds. The number of rotatable bonds is 4. The molecule has 0 aromatic heterocycles. The summed E-state index contributed by atoms with van der Waals surface area (Å²) in [5.41, 5.74) is 0. The molecular formula is C16H22BrNOS. The zero-order chi connectivity index (χ0) is 14.5. The lowest BCUT2D eigenvalue weighted by molar-refractivity contribution is -0.119. The zero-order valence-corrected chi connectivity index (χ0v) is 14.5. The molecule has 0 bridgehead atoms. The zero-order valence-electron chi connectivity index (χ0n) is 12.1. The largest absolute Gasteiger partial charge is 0.352 e. The number of hydrogen-bond acceptors (Lipinski definition) is 2. The van der Waals surface area contributed by atoms with Crippen molar-refractivity contribution in [2.24, 2.45) is 11.8 Å². The number of halogens is 1. The number of carbonyl (C=O) groups excluding carboxylic acids is 1. The average Bonchev–Trinajstić information content (AvgIpc) is 2.43. The molecule has 3 atom stereocenters. The van der Waals surface area contributed by atoms with E-state index in [1.807, 2.05) is 24.3 Å². The number of hydrogen-bond donors (Lipinski definition) is 1. The van der Waals surface area contributed by atoms with Crippen LogP contribution in [0.4, 0.5) is 0 Å². The Bertz CT molecular complexity index is 448. The summed E-state index contributed by atoms with van der Waals surface area (Å²) in [7, 11) is 0. The Labute approximate surface area is 134 Å². The van der Waals surface area contributed by atoms with Crippen LogP contribution in [0.1, 0.15) is 33.1 Å². The molecule has 110 valence electrons. The van der Waals surface area contributed by atoms with E-state index >= 15 is 0 Å². The second kappa shape index (κ2) is 7.51. The number of benzene rings is 1. The number of thioether (sulfide) groups is 1. The SMILES string of the molecule is C[C@@H]1[C@H](C)CCC[C@H]1NC(=O)CSc1ccc(Br)cc1. The Balaban J connectivity index is 1.79. The molecule has 0 saturated heterocycles. The van der Waals surface area contributed by atoms with Gasteiger partial charge in [-0.15, -0.1) is 11.8 Å². The van der Waals surface area contributed by atoms with Crippen LogP contribution >= 0.6 is 27.7 Å². The first-order valence-electron chi connectivity index (χ1n) is 7.24. The molecule has 0 spiro atoms. The first kappa shape index (κ1) is 15.9. The van der Waals surface area contributed by atoms with Crippen LogP contribution in [0.15, 0.2) is 33.6 Å². The summed E-state index contributed by atoms with van der Waals surface area (Å²) in [6, 6.07) is 8.44. The fourth-order valence-corrected chi connectivity index (χ4v) is 3.69. The van der Waals surface area contributed by atoms with E-state index in [1.54, 1.807) is 11.8 Å². The van der Waals surface area contributed by atoms with E-state index in [0.29, 0.717) is 23.6 Å². The lowest BCUT2D eigenvalue weighted by Crippen LogP contribution is -2.44. The Morgan fingerprint density at radius 2 is 2.00 bits per heavy atom. The van der Waals surface area contributed by atoms with Gasteiger partial charge in [0.25, 0.3) is 0 Å². The van der Waals surface area contributed by atoms with Crippen LogP contribution in [0.25, 0.3) is 0 Å².